The van der Waals surface area contributed by atoms with Gasteiger partial charge in [-0.3, -0.25) is 4.79 Å². The second kappa shape index (κ2) is 8.23. The van der Waals surface area contributed by atoms with Crippen molar-refractivity contribution in [2.75, 3.05) is 6.61 Å². The van der Waals surface area contributed by atoms with Crippen LogP contribution in [0.25, 0.3) is 0 Å². The zero-order valence-electron chi connectivity index (χ0n) is 8.49. The van der Waals surface area contributed by atoms with Crippen molar-refractivity contribution in [3.63, 3.8) is 0 Å². The number of carbonyl (C=O) groups is 2. The molecule has 0 aromatic rings. The number of esters is 1. The summed E-state index contributed by atoms with van der Waals surface area (Å²) in [7, 11) is 0. The average Bonchev–Trinajstić information content (AvgIpc) is 2.17. The van der Waals surface area contributed by atoms with Crippen LogP contribution in [0.3, 0.4) is 0 Å². The van der Waals surface area contributed by atoms with Gasteiger partial charge in [-0.25, -0.2) is 4.79 Å². The van der Waals surface area contributed by atoms with Crippen LogP contribution in [-0.2, 0) is 14.3 Å². The molecule has 0 rings (SSSR count). The highest BCUT2D eigenvalue weighted by atomic mass is 16.5. The molecule has 3 heteroatoms. The Morgan fingerprint density at radius 1 is 1.43 bits per heavy atom. The molecule has 14 heavy (non-hydrogen) atoms. The van der Waals surface area contributed by atoms with Gasteiger partial charge >= 0.3 is 5.97 Å². The highest BCUT2D eigenvalue weighted by molar-refractivity contribution is 6.33. The summed E-state index contributed by atoms with van der Waals surface area (Å²) in [6.45, 7) is 5.45. The molecule has 0 atom stereocenters. The lowest BCUT2D eigenvalue weighted by Gasteiger charge is -1.98. The zero-order chi connectivity index (χ0) is 10.8. The number of unbranched alkanes of at least 4 members (excludes halogenated alkanes) is 1. The third kappa shape index (κ3) is 6.17. The van der Waals surface area contributed by atoms with E-state index in [1.165, 1.54) is 0 Å². The van der Waals surface area contributed by atoms with Crippen molar-refractivity contribution in [3.8, 4) is 0 Å². The van der Waals surface area contributed by atoms with Crippen LogP contribution in [0.1, 0.15) is 26.2 Å². The maximum atomic E-state index is 11.0. The van der Waals surface area contributed by atoms with E-state index in [1.807, 2.05) is 12.2 Å². The first-order valence-electron chi connectivity index (χ1n) is 4.69. The molecule has 0 radical (unpaired) electrons. The first-order chi connectivity index (χ1) is 6.72. The molecule has 0 aliphatic carbocycles. The van der Waals surface area contributed by atoms with Crippen LogP contribution in [0.5, 0.6) is 0 Å². The quantitative estimate of drug-likeness (QED) is 0.271. The van der Waals surface area contributed by atoms with Crippen LogP contribution in [0.2, 0.25) is 0 Å². The predicted molar refractivity (Wildman–Crippen MR) is 54.8 cm³/mol. The maximum Gasteiger partial charge on any atom is 0.374 e. The fourth-order valence-electron chi connectivity index (χ4n) is 0.887. The van der Waals surface area contributed by atoms with Gasteiger partial charge < -0.3 is 4.74 Å². The van der Waals surface area contributed by atoms with E-state index in [-0.39, 0.29) is 13.0 Å². The number of hydrogen-bond acceptors (Lipinski definition) is 3. The third-order valence-electron chi connectivity index (χ3n) is 1.55. The van der Waals surface area contributed by atoms with Gasteiger partial charge in [-0.1, -0.05) is 24.8 Å². The number of hydrogen-bond donors (Lipinski definition) is 0. The van der Waals surface area contributed by atoms with Crippen LogP contribution in [-0.4, -0.2) is 18.4 Å². The van der Waals surface area contributed by atoms with E-state index in [9.17, 15) is 9.59 Å². The standard InChI is InChI=1S/C11H16O3/c1-3-5-6-7-8-9-10(12)11(13)14-4-2/h3,5-6H,1,4,7-9H2,2H3. The van der Waals surface area contributed by atoms with E-state index in [1.54, 1.807) is 13.0 Å². The Morgan fingerprint density at radius 3 is 2.71 bits per heavy atom. The highest BCUT2D eigenvalue weighted by Crippen LogP contribution is 1.99. The minimum absolute atomic E-state index is 0.250. The SMILES string of the molecule is C=CC=CCCCC(=O)C(=O)OCC. The molecular weight excluding hydrogens is 180 g/mol. The predicted octanol–water partition coefficient (Wildman–Crippen LogP) is 2.03. The summed E-state index contributed by atoms with van der Waals surface area (Å²) < 4.78 is 4.56. The van der Waals surface area contributed by atoms with Gasteiger partial charge in [-0.2, -0.15) is 0 Å². The summed E-state index contributed by atoms with van der Waals surface area (Å²) in [5.74, 6) is -1.17. The third-order valence-corrected chi connectivity index (χ3v) is 1.55. The van der Waals surface area contributed by atoms with Crippen molar-refractivity contribution in [2.45, 2.75) is 26.2 Å². The van der Waals surface area contributed by atoms with Gasteiger partial charge in [-0.15, -0.1) is 0 Å². The maximum absolute atomic E-state index is 11.0. The summed E-state index contributed by atoms with van der Waals surface area (Å²) in [4.78, 5) is 21.9. The van der Waals surface area contributed by atoms with Gasteiger partial charge in [0.2, 0.25) is 5.78 Å². The molecule has 0 aliphatic rings. The van der Waals surface area contributed by atoms with E-state index >= 15 is 0 Å². The molecule has 3 nitrogen and oxygen atoms in total. The zero-order valence-corrected chi connectivity index (χ0v) is 8.49. The molecular formula is C11H16O3. The molecule has 0 amide bonds. The second-order valence-electron chi connectivity index (χ2n) is 2.70. The van der Waals surface area contributed by atoms with E-state index < -0.39 is 11.8 Å². The molecule has 0 saturated heterocycles. The first kappa shape index (κ1) is 12.6. The van der Waals surface area contributed by atoms with Crippen LogP contribution >= 0.6 is 0 Å². The lowest BCUT2D eigenvalue weighted by Crippen LogP contribution is -2.16. The lowest BCUT2D eigenvalue weighted by atomic mass is 10.1. The summed E-state index contributed by atoms with van der Waals surface area (Å²) >= 11 is 0. The highest BCUT2D eigenvalue weighted by Gasteiger charge is 2.12. The first-order valence-corrected chi connectivity index (χ1v) is 4.69. The number of ether oxygens (including phenoxy) is 1. The van der Waals surface area contributed by atoms with Gasteiger partial charge in [0.15, 0.2) is 0 Å². The molecule has 0 aromatic carbocycles. The molecule has 0 spiro atoms. The van der Waals surface area contributed by atoms with Gasteiger partial charge in [0, 0.05) is 6.42 Å². The van der Waals surface area contributed by atoms with E-state index in [4.69, 9.17) is 0 Å². The summed E-state index contributed by atoms with van der Waals surface area (Å²) in [5.41, 5.74) is 0. The van der Waals surface area contributed by atoms with Crippen molar-refractivity contribution >= 4 is 11.8 Å². The lowest BCUT2D eigenvalue weighted by molar-refractivity contribution is -0.153. The Bertz CT molecular complexity index is 229. The van der Waals surface area contributed by atoms with Crippen LogP contribution < -0.4 is 0 Å². The number of rotatable bonds is 7. The largest absolute Gasteiger partial charge is 0.460 e. The smallest absolute Gasteiger partial charge is 0.374 e. The Kier molecular flexibility index (Phi) is 7.42. The van der Waals surface area contributed by atoms with Crippen LogP contribution in [0, 0.1) is 0 Å². The molecule has 0 N–H and O–H groups in total. The van der Waals surface area contributed by atoms with Crippen LogP contribution in [0.15, 0.2) is 24.8 Å². The van der Waals surface area contributed by atoms with Gasteiger partial charge in [0.25, 0.3) is 0 Å². The van der Waals surface area contributed by atoms with Gasteiger partial charge in [-0.05, 0) is 19.8 Å². The Hall–Kier alpha value is -1.38. The van der Waals surface area contributed by atoms with Crippen molar-refractivity contribution in [1.29, 1.82) is 0 Å². The summed E-state index contributed by atoms with van der Waals surface area (Å²) in [6, 6.07) is 0. The van der Waals surface area contributed by atoms with Gasteiger partial charge in [0.1, 0.15) is 0 Å². The van der Waals surface area contributed by atoms with Gasteiger partial charge in [0.05, 0.1) is 6.61 Å². The normalized spacial score (nSPS) is 10.1. The molecule has 0 unspecified atom stereocenters. The number of carbonyl (C=O) groups excluding carboxylic acids is 2. The van der Waals surface area contributed by atoms with Crippen LogP contribution in [0.4, 0.5) is 0 Å². The Balaban J connectivity index is 3.58. The molecule has 0 fully saturated rings. The second-order valence-corrected chi connectivity index (χ2v) is 2.70. The topological polar surface area (TPSA) is 43.4 Å². The summed E-state index contributed by atoms with van der Waals surface area (Å²) in [5, 5.41) is 0. The van der Waals surface area contributed by atoms with E-state index in [2.05, 4.69) is 11.3 Å². The Morgan fingerprint density at radius 2 is 2.14 bits per heavy atom. The molecule has 0 saturated carbocycles. The monoisotopic (exact) mass is 196 g/mol. The van der Waals surface area contributed by atoms with Crippen molar-refractivity contribution < 1.29 is 14.3 Å². The molecule has 0 aromatic heterocycles. The van der Waals surface area contributed by atoms with E-state index in [0.717, 1.165) is 6.42 Å². The molecule has 78 valence electrons. The Labute approximate surface area is 84.4 Å². The number of ketones is 1. The molecule has 0 bridgehead atoms. The minimum atomic E-state index is -0.722. The van der Waals surface area contributed by atoms with E-state index in [0.29, 0.717) is 6.42 Å². The average molecular weight is 196 g/mol. The fourth-order valence-corrected chi connectivity index (χ4v) is 0.887. The molecule has 0 heterocycles. The number of allylic oxidation sites excluding steroid dienone is 3. The van der Waals surface area contributed by atoms with Crippen molar-refractivity contribution in [2.24, 2.45) is 0 Å². The fraction of sp³-hybridized carbons (Fsp3) is 0.455. The number of Topliss-reactive ketones (excluding diaryl/α,β-unsaturated/α-hetero) is 1. The van der Waals surface area contributed by atoms with Crippen molar-refractivity contribution in [3.05, 3.63) is 24.8 Å². The summed E-state index contributed by atoms with van der Waals surface area (Å²) in [6.07, 6.45) is 7.09. The minimum Gasteiger partial charge on any atom is -0.460 e. The van der Waals surface area contributed by atoms with Crippen molar-refractivity contribution in [1.82, 2.24) is 0 Å². The molecule has 0 aliphatic heterocycles.